The number of urea groups is 1. The molecule has 5 fully saturated rings. The van der Waals surface area contributed by atoms with E-state index in [1.54, 1.807) is 0 Å². The lowest BCUT2D eigenvalue weighted by Gasteiger charge is -2.57. The zero-order valence-electron chi connectivity index (χ0n) is 15.6. The number of carbonyl (C=O) groups is 1. The Balaban J connectivity index is 1.15. The van der Waals surface area contributed by atoms with Gasteiger partial charge in [-0.1, -0.05) is 6.07 Å². The van der Waals surface area contributed by atoms with Crippen LogP contribution in [-0.4, -0.2) is 52.5 Å². The smallest absolute Gasteiger partial charge is 0.317 e. The minimum absolute atomic E-state index is 0.124. The molecule has 5 nitrogen and oxygen atoms in total. The Morgan fingerprint density at radius 1 is 1.08 bits per heavy atom. The quantitative estimate of drug-likeness (QED) is 0.908. The van der Waals surface area contributed by atoms with Crippen LogP contribution in [0.1, 0.15) is 44.1 Å². The van der Waals surface area contributed by atoms with Crippen LogP contribution in [0, 0.1) is 17.8 Å². The molecule has 4 aliphatic carbocycles. The van der Waals surface area contributed by atoms with Crippen molar-refractivity contribution in [2.24, 2.45) is 17.8 Å². The first-order valence-electron chi connectivity index (χ1n) is 10.4. The highest BCUT2D eigenvalue weighted by molar-refractivity contribution is 5.75. The number of carbonyl (C=O) groups excluding carboxylic acids is 1. The van der Waals surface area contributed by atoms with Gasteiger partial charge in [-0.3, -0.25) is 9.88 Å². The highest BCUT2D eigenvalue weighted by Crippen LogP contribution is 2.55. The Hall–Kier alpha value is -1.62. The van der Waals surface area contributed by atoms with Crippen molar-refractivity contribution in [1.29, 1.82) is 0 Å². The topological polar surface area (TPSA) is 48.5 Å². The Labute approximate surface area is 156 Å². The van der Waals surface area contributed by atoms with Gasteiger partial charge in [-0.25, -0.2) is 4.79 Å². The Bertz CT molecular complexity index is 618. The van der Waals surface area contributed by atoms with Crippen LogP contribution in [-0.2, 0) is 6.54 Å². The summed E-state index contributed by atoms with van der Waals surface area (Å²) in [6.07, 6.45) is 11.7. The largest absolute Gasteiger partial charge is 0.333 e. The molecule has 5 heteroatoms. The SMILES string of the molecule is O=C(NC12CC3CC(CC(C3)C1)C2)N1CCN(Cc2cccnc2)CC1. The van der Waals surface area contributed by atoms with Crippen molar-refractivity contribution in [1.82, 2.24) is 20.1 Å². The zero-order valence-corrected chi connectivity index (χ0v) is 15.6. The number of nitrogens with one attached hydrogen (secondary N) is 1. The van der Waals surface area contributed by atoms with Crippen molar-refractivity contribution in [2.75, 3.05) is 26.2 Å². The molecule has 1 aliphatic heterocycles. The fraction of sp³-hybridized carbons (Fsp3) is 0.714. The average molecular weight is 354 g/mol. The van der Waals surface area contributed by atoms with Gasteiger partial charge in [0.05, 0.1) is 0 Å². The molecule has 0 unspecified atom stereocenters. The number of piperazine rings is 1. The van der Waals surface area contributed by atoms with Crippen molar-refractivity contribution >= 4 is 6.03 Å². The van der Waals surface area contributed by atoms with Gasteiger partial charge in [0.15, 0.2) is 0 Å². The maximum absolute atomic E-state index is 12.9. The maximum atomic E-state index is 12.9. The average Bonchev–Trinajstić information content (AvgIpc) is 2.61. The van der Waals surface area contributed by atoms with E-state index in [0.717, 1.165) is 50.5 Å². The minimum atomic E-state index is 0.124. The molecule has 1 saturated heterocycles. The van der Waals surface area contributed by atoms with E-state index >= 15 is 0 Å². The summed E-state index contributed by atoms with van der Waals surface area (Å²) in [5, 5.41) is 3.52. The molecule has 4 saturated carbocycles. The Kier molecular flexibility index (Phi) is 4.15. The molecule has 1 aromatic rings. The summed E-state index contributed by atoms with van der Waals surface area (Å²) in [5.74, 6) is 2.62. The third-order valence-electron chi connectivity index (χ3n) is 7.20. The van der Waals surface area contributed by atoms with Gasteiger partial charge in [-0.2, -0.15) is 0 Å². The summed E-state index contributed by atoms with van der Waals surface area (Å²) in [6.45, 7) is 4.49. The van der Waals surface area contributed by atoms with Crippen molar-refractivity contribution in [3.05, 3.63) is 30.1 Å². The van der Waals surface area contributed by atoms with Crippen LogP contribution >= 0.6 is 0 Å². The minimum Gasteiger partial charge on any atom is -0.333 e. The molecule has 0 radical (unpaired) electrons. The summed E-state index contributed by atoms with van der Waals surface area (Å²) in [7, 11) is 0. The summed E-state index contributed by atoms with van der Waals surface area (Å²) in [6, 6.07) is 4.30. The summed E-state index contributed by atoms with van der Waals surface area (Å²) >= 11 is 0. The van der Waals surface area contributed by atoms with E-state index < -0.39 is 0 Å². The molecule has 140 valence electrons. The van der Waals surface area contributed by atoms with E-state index in [9.17, 15) is 4.79 Å². The molecule has 26 heavy (non-hydrogen) atoms. The zero-order chi connectivity index (χ0) is 17.6. The highest BCUT2D eigenvalue weighted by atomic mass is 16.2. The van der Waals surface area contributed by atoms with Gasteiger partial charge in [0.1, 0.15) is 0 Å². The van der Waals surface area contributed by atoms with Crippen LogP contribution in [0.3, 0.4) is 0 Å². The van der Waals surface area contributed by atoms with Gasteiger partial charge in [0.25, 0.3) is 0 Å². The van der Waals surface area contributed by atoms with Crippen molar-refractivity contribution in [3.8, 4) is 0 Å². The van der Waals surface area contributed by atoms with E-state index in [1.807, 2.05) is 23.4 Å². The normalized spacial score (nSPS) is 36.3. The first-order chi connectivity index (χ1) is 12.7. The van der Waals surface area contributed by atoms with Gasteiger partial charge < -0.3 is 10.2 Å². The lowest BCUT2D eigenvalue weighted by Crippen LogP contribution is -2.63. The molecule has 5 aliphatic rings. The molecule has 1 aromatic heterocycles. The molecular weight excluding hydrogens is 324 g/mol. The fourth-order valence-electron chi connectivity index (χ4n) is 6.43. The molecule has 6 rings (SSSR count). The van der Waals surface area contributed by atoms with E-state index in [1.165, 1.54) is 44.1 Å². The van der Waals surface area contributed by atoms with Gasteiger partial charge in [-0.15, -0.1) is 0 Å². The summed E-state index contributed by atoms with van der Waals surface area (Å²) in [5.41, 5.74) is 1.37. The Morgan fingerprint density at radius 3 is 2.31 bits per heavy atom. The first kappa shape index (κ1) is 16.5. The first-order valence-corrected chi connectivity index (χ1v) is 10.4. The van der Waals surface area contributed by atoms with Gasteiger partial charge >= 0.3 is 6.03 Å². The molecule has 0 atom stereocenters. The predicted octanol–water partition coefficient (Wildman–Crippen LogP) is 2.88. The molecule has 0 spiro atoms. The number of aromatic nitrogens is 1. The van der Waals surface area contributed by atoms with E-state index in [0.29, 0.717) is 0 Å². The Morgan fingerprint density at radius 2 is 1.73 bits per heavy atom. The maximum Gasteiger partial charge on any atom is 0.317 e. The van der Waals surface area contributed by atoms with Crippen molar-refractivity contribution in [3.63, 3.8) is 0 Å². The lowest BCUT2D eigenvalue weighted by molar-refractivity contribution is -0.0165. The molecule has 2 heterocycles. The second kappa shape index (κ2) is 6.52. The van der Waals surface area contributed by atoms with Gasteiger partial charge in [0.2, 0.25) is 0 Å². The van der Waals surface area contributed by atoms with Gasteiger partial charge in [-0.05, 0) is 67.9 Å². The molecule has 2 amide bonds. The lowest BCUT2D eigenvalue weighted by atomic mass is 9.53. The number of hydrogen-bond acceptors (Lipinski definition) is 3. The van der Waals surface area contributed by atoms with Crippen LogP contribution in [0.25, 0.3) is 0 Å². The van der Waals surface area contributed by atoms with Crippen LogP contribution in [0.5, 0.6) is 0 Å². The molecule has 0 aromatic carbocycles. The van der Waals surface area contributed by atoms with E-state index in [4.69, 9.17) is 0 Å². The molecule has 1 N–H and O–H groups in total. The number of rotatable bonds is 3. The number of amides is 2. The van der Waals surface area contributed by atoms with Crippen LogP contribution < -0.4 is 5.32 Å². The van der Waals surface area contributed by atoms with E-state index in [-0.39, 0.29) is 11.6 Å². The monoisotopic (exact) mass is 354 g/mol. The molecule has 4 bridgehead atoms. The number of pyridine rings is 1. The number of hydrogen-bond donors (Lipinski definition) is 1. The van der Waals surface area contributed by atoms with E-state index in [2.05, 4.69) is 21.3 Å². The van der Waals surface area contributed by atoms with Crippen LogP contribution in [0.15, 0.2) is 24.5 Å². The summed E-state index contributed by atoms with van der Waals surface area (Å²) in [4.78, 5) is 21.6. The standard InChI is InChI=1S/C21H30N4O/c26-20(23-21-11-17-8-18(12-21)10-19(9-17)13-21)25-6-4-24(5-7-25)15-16-2-1-3-22-14-16/h1-3,14,17-19H,4-13,15H2,(H,23,26). The highest BCUT2D eigenvalue weighted by Gasteiger charge is 2.51. The third-order valence-corrected chi connectivity index (χ3v) is 7.20. The van der Waals surface area contributed by atoms with Crippen LogP contribution in [0.2, 0.25) is 0 Å². The fourth-order valence-corrected chi connectivity index (χ4v) is 6.43. The predicted molar refractivity (Wildman–Crippen MR) is 101 cm³/mol. The van der Waals surface area contributed by atoms with Crippen molar-refractivity contribution in [2.45, 2.75) is 50.6 Å². The number of nitrogens with zero attached hydrogens (tertiary/aromatic N) is 3. The van der Waals surface area contributed by atoms with Gasteiger partial charge in [0, 0.05) is 50.7 Å². The summed E-state index contributed by atoms with van der Waals surface area (Å²) < 4.78 is 0. The second-order valence-corrected chi connectivity index (χ2v) is 9.25. The van der Waals surface area contributed by atoms with Crippen molar-refractivity contribution < 1.29 is 4.79 Å². The second-order valence-electron chi connectivity index (χ2n) is 9.25. The van der Waals surface area contributed by atoms with Crippen LogP contribution in [0.4, 0.5) is 4.79 Å². The third kappa shape index (κ3) is 3.22. The molecular formula is C21H30N4O.